The molecule has 2 aliphatic heterocycles. The van der Waals surface area contributed by atoms with Crippen LogP contribution in [-0.2, 0) is 32.3 Å². The lowest BCUT2D eigenvalue weighted by Gasteiger charge is -2.35. The van der Waals surface area contributed by atoms with Crippen LogP contribution in [0.25, 0.3) is 21.8 Å². The lowest BCUT2D eigenvalue weighted by molar-refractivity contribution is -0.141. The normalized spacial score (nSPS) is 17.6. The summed E-state index contributed by atoms with van der Waals surface area (Å²) >= 11 is 7.02. The molecule has 0 bridgehead atoms. The van der Waals surface area contributed by atoms with Gasteiger partial charge in [-0.2, -0.15) is 18.4 Å². The smallest absolute Gasteiger partial charge is 0.420 e. The number of unbranched alkanes of at least 4 members (excludes halogenated alkanes) is 1. The number of amides is 3. The van der Waals surface area contributed by atoms with Gasteiger partial charge in [-0.05, 0) is 99.8 Å². The standard InChI is InChI=1S/C48H51F4N9O6S2/c1-27-40(69-26-55-27)34-24-58(7)42(56-34)36-20-31(62)23-59(36)43(64)41(46(2,3)4)57-37(63)25-66-18-8-9-19-67-32-14-10-28(11-15-32)33-16-13-30(22-54-33)61-45(68)60(44(65)47(61,5)6)35-17-12-29(21-53)38(39(35)49)48(50,51)52/h10-17,22,24,26,31,36,41,62H,8-9,18-20,23,25H2,1-7H3,(H,57,63)/t31-,36+,41-/m1/s1. The average Bonchev–Trinajstić information content (AvgIpc) is 4.04. The van der Waals surface area contributed by atoms with E-state index in [-0.39, 0.29) is 30.8 Å². The second-order valence-corrected chi connectivity index (χ2v) is 19.6. The number of aryl methyl sites for hydroxylation is 2. The molecule has 5 aromatic rings. The number of nitriles is 1. The van der Waals surface area contributed by atoms with Gasteiger partial charge < -0.3 is 34.3 Å². The number of pyridine rings is 1. The molecule has 15 nitrogen and oxygen atoms in total. The number of ether oxygens (including phenoxy) is 2. The van der Waals surface area contributed by atoms with Crippen molar-refractivity contribution < 1.29 is 46.5 Å². The maximum atomic E-state index is 15.4. The molecule has 2 aliphatic rings. The van der Waals surface area contributed by atoms with E-state index in [2.05, 4.69) is 15.3 Å². The molecule has 69 heavy (non-hydrogen) atoms. The number of thiocarbonyl (C=S) groups is 1. The molecular weight excluding hydrogens is 939 g/mol. The van der Waals surface area contributed by atoms with Gasteiger partial charge in [0.2, 0.25) is 11.8 Å². The summed E-state index contributed by atoms with van der Waals surface area (Å²) in [7, 11) is 1.86. The fraction of sp³-hybridized carbons (Fsp3) is 0.417. The third-order valence-corrected chi connectivity index (χ3v) is 13.3. The van der Waals surface area contributed by atoms with E-state index in [1.54, 1.807) is 34.7 Å². The van der Waals surface area contributed by atoms with Crippen molar-refractivity contribution in [2.45, 2.75) is 90.7 Å². The summed E-state index contributed by atoms with van der Waals surface area (Å²) in [6.07, 6.45) is -1.05. The second-order valence-electron chi connectivity index (χ2n) is 18.4. The van der Waals surface area contributed by atoms with Crippen molar-refractivity contribution in [3.63, 3.8) is 0 Å². The molecule has 2 saturated heterocycles. The molecule has 3 amide bonds. The van der Waals surface area contributed by atoms with E-state index in [0.29, 0.717) is 53.7 Å². The molecule has 5 heterocycles. The van der Waals surface area contributed by atoms with Crippen LogP contribution in [0.15, 0.2) is 66.4 Å². The Morgan fingerprint density at radius 1 is 1.06 bits per heavy atom. The first-order chi connectivity index (χ1) is 32.5. The number of carbonyl (C=O) groups is 3. The number of halogens is 4. The second kappa shape index (κ2) is 19.9. The van der Waals surface area contributed by atoms with Gasteiger partial charge in [-0.25, -0.2) is 14.4 Å². The zero-order chi connectivity index (χ0) is 50.2. The number of aliphatic hydroxyl groups is 1. The van der Waals surface area contributed by atoms with Crippen molar-refractivity contribution in [2.75, 3.05) is 36.2 Å². The number of hydrogen-bond acceptors (Lipinski definition) is 12. The average molecular weight is 990 g/mol. The number of imidazole rings is 1. The van der Waals surface area contributed by atoms with Crippen molar-refractivity contribution in [2.24, 2.45) is 12.5 Å². The first-order valence-corrected chi connectivity index (χ1v) is 23.3. The van der Waals surface area contributed by atoms with E-state index in [1.807, 2.05) is 57.6 Å². The molecule has 2 fully saturated rings. The molecule has 0 spiro atoms. The highest BCUT2D eigenvalue weighted by Crippen LogP contribution is 2.42. The Balaban J connectivity index is 0.875. The zero-order valence-electron chi connectivity index (χ0n) is 38.9. The van der Waals surface area contributed by atoms with Crippen molar-refractivity contribution in [1.82, 2.24) is 29.7 Å². The molecule has 0 aliphatic carbocycles. The Bertz CT molecular complexity index is 2780. The van der Waals surface area contributed by atoms with Gasteiger partial charge in [-0.15, -0.1) is 11.3 Å². The minimum Gasteiger partial charge on any atom is -0.494 e. The number of nitrogens with zero attached hydrogens (tertiary/aromatic N) is 8. The Morgan fingerprint density at radius 2 is 1.77 bits per heavy atom. The van der Waals surface area contributed by atoms with Crippen LogP contribution in [0.3, 0.4) is 0 Å². The number of nitrogens with one attached hydrogen (secondary N) is 1. The van der Waals surface area contributed by atoms with E-state index >= 15 is 4.39 Å². The van der Waals surface area contributed by atoms with Crippen LogP contribution in [0.5, 0.6) is 5.75 Å². The fourth-order valence-corrected chi connectivity index (χ4v) is 9.66. The lowest BCUT2D eigenvalue weighted by Crippen LogP contribution is -2.55. The van der Waals surface area contributed by atoms with Gasteiger partial charge in [0.1, 0.15) is 41.0 Å². The highest BCUT2D eigenvalue weighted by atomic mass is 32.1. The van der Waals surface area contributed by atoms with Gasteiger partial charge in [0.15, 0.2) is 10.9 Å². The summed E-state index contributed by atoms with van der Waals surface area (Å²) in [5.41, 5.74) is -0.504. The van der Waals surface area contributed by atoms with Crippen molar-refractivity contribution in [3.05, 3.63) is 94.9 Å². The number of thiazole rings is 1. The topological polar surface area (TPSA) is 179 Å². The van der Waals surface area contributed by atoms with Gasteiger partial charge in [0.25, 0.3) is 5.91 Å². The largest absolute Gasteiger partial charge is 0.494 e. The van der Waals surface area contributed by atoms with E-state index in [1.165, 1.54) is 42.4 Å². The minimum atomic E-state index is -5.19. The number of benzene rings is 2. The third-order valence-electron chi connectivity index (χ3n) is 11.9. The molecule has 2 N–H and O–H groups in total. The fourth-order valence-electron chi connectivity index (χ4n) is 8.39. The van der Waals surface area contributed by atoms with Gasteiger partial charge in [0.05, 0.1) is 69.7 Å². The quantitative estimate of drug-likeness (QED) is 0.0590. The number of carbonyl (C=O) groups excluding carboxylic acids is 3. The predicted molar refractivity (Wildman–Crippen MR) is 253 cm³/mol. The van der Waals surface area contributed by atoms with Crippen molar-refractivity contribution >= 4 is 57.8 Å². The summed E-state index contributed by atoms with van der Waals surface area (Å²) in [4.78, 5) is 59.2. The minimum absolute atomic E-state index is 0.111. The van der Waals surface area contributed by atoms with E-state index < -0.39 is 69.8 Å². The van der Waals surface area contributed by atoms with Crippen LogP contribution in [-0.4, -0.2) is 96.4 Å². The number of hydrogen-bond donors (Lipinski definition) is 2. The van der Waals surface area contributed by atoms with Crippen LogP contribution in [0.1, 0.15) is 82.6 Å². The first kappa shape index (κ1) is 50.5. The van der Waals surface area contributed by atoms with Crippen LogP contribution in [0, 0.1) is 29.5 Å². The van der Waals surface area contributed by atoms with Gasteiger partial charge in [-0.1, -0.05) is 20.8 Å². The Kier molecular flexibility index (Phi) is 14.6. The van der Waals surface area contributed by atoms with Crippen LogP contribution < -0.4 is 19.9 Å². The highest BCUT2D eigenvalue weighted by molar-refractivity contribution is 7.81. The molecule has 21 heteroatoms. The van der Waals surface area contributed by atoms with Crippen molar-refractivity contribution in [3.8, 4) is 33.6 Å². The van der Waals surface area contributed by atoms with E-state index in [9.17, 15) is 37.9 Å². The summed E-state index contributed by atoms with van der Waals surface area (Å²) in [5.74, 6) is -2.06. The molecule has 0 radical (unpaired) electrons. The highest BCUT2D eigenvalue weighted by Gasteiger charge is 2.52. The van der Waals surface area contributed by atoms with E-state index in [0.717, 1.165) is 34.0 Å². The number of rotatable bonds is 15. The molecule has 364 valence electrons. The predicted octanol–water partition coefficient (Wildman–Crippen LogP) is 7.90. The SMILES string of the molecule is Cc1ncsc1-c1cn(C)c([C@@H]2C[C@@H](O)CN2C(=O)[C@@H](NC(=O)COCCCCOc2ccc(-c3ccc(N4C(=S)N(c5ccc(C#N)c(C(F)(F)F)c5F)C(=O)C4(C)C)cn3)cc2)C(C)(C)C)n1. The summed E-state index contributed by atoms with van der Waals surface area (Å²) in [6.45, 7) is 11.1. The number of alkyl halides is 3. The van der Waals surface area contributed by atoms with Crippen LogP contribution >= 0.6 is 23.6 Å². The summed E-state index contributed by atoms with van der Waals surface area (Å²) < 4.78 is 70.2. The number of likely N-dealkylation sites (tertiary alicyclic amines) is 1. The van der Waals surface area contributed by atoms with Crippen LogP contribution in [0.4, 0.5) is 28.9 Å². The maximum absolute atomic E-state index is 15.4. The Morgan fingerprint density at radius 3 is 2.39 bits per heavy atom. The summed E-state index contributed by atoms with van der Waals surface area (Å²) in [6, 6.07) is 12.2. The number of aromatic nitrogens is 4. The van der Waals surface area contributed by atoms with E-state index in [4.69, 9.17) is 26.7 Å². The van der Waals surface area contributed by atoms with Crippen molar-refractivity contribution in [1.29, 1.82) is 5.26 Å². The maximum Gasteiger partial charge on any atom is 0.420 e. The Hall–Kier alpha value is -6.34. The van der Waals surface area contributed by atoms with Gasteiger partial charge >= 0.3 is 6.18 Å². The Labute approximate surface area is 405 Å². The molecular formula is C48H51F4N9O6S2. The number of aliphatic hydroxyl groups excluding tert-OH is 1. The molecule has 3 atom stereocenters. The number of β-amino-alcohol motifs (C(OH)–C–C–N with tert-alkyl or cyclic N) is 1. The lowest BCUT2D eigenvalue weighted by atomic mass is 9.85. The molecule has 0 unspecified atom stereocenters. The number of anilines is 2. The third kappa shape index (κ3) is 10.5. The zero-order valence-corrected chi connectivity index (χ0v) is 40.6. The molecule has 2 aromatic carbocycles. The first-order valence-electron chi connectivity index (χ1n) is 22.0. The molecule has 7 rings (SSSR count). The summed E-state index contributed by atoms with van der Waals surface area (Å²) in [5, 5.41) is 22.5. The van der Waals surface area contributed by atoms with Gasteiger partial charge in [-0.3, -0.25) is 24.3 Å². The van der Waals surface area contributed by atoms with Crippen LogP contribution in [0.2, 0.25) is 0 Å². The molecule has 3 aromatic heterocycles. The molecule has 0 saturated carbocycles. The monoisotopic (exact) mass is 989 g/mol. The van der Waals surface area contributed by atoms with Gasteiger partial charge in [0, 0.05) is 38.4 Å².